The van der Waals surface area contributed by atoms with E-state index < -0.39 is 5.91 Å². The number of carbonyl (C=O) groups is 1. The van der Waals surface area contributed by atoms with Gasteiger partial charge in [0.05, 0.1) is 4.47 Å². The Kier molecular flexibility index (Phi) is 7.39. The molecule has 0 unspecified atom stereocenters. The lowest BCUT2D eigenvalue weighted by Gasteiger charge is -2.20. The number of anilines is 1. The highest BCUT2D eigenvalue weighted by Gasteiger charge is 2.22. The molecule has 0 aliphatic rings. The minimum Gasteiger partial charge on any atom is -0.343 e. The molecule has 0 aliphatic carbocycles. The van der Waals surface area contributed by atoms with Crippen LogP contribution in [0.25, 0.3) is 0 Å². The van der Waals surface area contributed by atoms with Gasteiger partial charge in [0.2, 0.25) is 5.43 Å². The second-order valence-electron chi connectivity index (χ2n) is 7.52. The van der Waals surface area contributed by atoms with Crippen LogP contribution in [0.2, 0.25) is 5.02 Å². The molecule has 0 radical (unpaired) electrons. The van der Waals surface area contributed by atoms with Crippen LogP contribution in [-0.2, 0) is 19.4 Å². The number of nitrogens with one attached hydrogen (secondary N) is 1. The number of nitrogens with zero attached hydrogens (tertiary/aromatic N) is 1. The summed E-state index contributed by atoms with van der Waals surface area (Å²) in [7, 11) is 0. The first-order valence-electron chi connectivity index (χ1n) is 10.3. The number of para-hydroxylation sites is 1. The topological polar surface area (TPSA) is 51.1 Å². The summed E-state index contributed by atoms with van der Waals surface area (Å²) in [6.07, 6.45) is 1.58. The average molecular weight is 502 g/mol. The van der Waals surface area contributed by atoms with Crippen LogP contribution in [0.1, 0.15) is 52.3 Å². The molecule has 162 valence electrons. The van der Waals surface area contributed by atoms with Gasteiger partial charge in [-0.25, -0.2) is 0 Å². The fourth-order valence-corrected chi connectivity index (χ4v) is 4.47. The van der Waals surface area contributed by atoms with E-state index in [1.54, 1.807) is 0 Å². The predicted octanol–water partition coefficient (Wildman–Crippen LogP) is 6.31. The van der Waals surface area contributed by atoms with Gasteiger partial charge < -0.3 is 9.88 Å². The van der Waals surface area contributed by atoms with E-state index in [0.29, 0.717) is 21.7 Å². The normalized spacial score (nSPS) is 10.9. The second-order valence-corrected chi connectivity index (χ2v) is 8.75. The summed E-state index contributed by atoms with van der Waals surface area (Å²) < 4.78 is 2.36. The van der Waals surface area contributed by atoms with Crippen LogP contribution in [0.4, 0.5) is 5.69 Å². The van der Waals surface area contributed by atoms with Crippen LogP contribution >= 0.6 is 27.5 Å². The summed E-state index contributed by atoms with van der Waals surface area (Å²) in [6, 6.07) is 13.6. The smallest absolute Gasteiger partial charge is 0.261 e. The van der Waals surface area contributed by atoms with E-state index in [1.165, 1.54) is 0 Å². The number of amides is 1. The Morgan fingerprint density at radius 2 is 1.65 bits per heavy atom. The number of hydrogen-bond acceptors (Lipinski definition) is 2. The van der Waals surface area contributed by atoms with E-state index in [4.69, 9.17) is 11.6 Å². The van der Waals surface area contributed by atoms with Crippen molar-refractivity contribution in [2.24, 2.45) is 0 Å². The summed E-state index contributed by atoms with van der Waals surface area (Å²) in [5, 5.41) is 3.68. The van der Waals surface area contributed by atoms with Gasteiger partial charge in [-0.15, -0.1) is 0 Å². The van der Waals surface area contributed by atoms with Gasteiger partial charge in [0.15, 0.2) is 0 Å². The Hall–Kier alpha value is -2.37. The molecule has 0 saturated carbocycles. The van der Waals surface area contributed by atoms with Crippen LogP contribution in [0.15, 0.2) is 51.7 Å². The summed E-state index contributed by atoms with van der Waals surface area (Å²) in [5.41, 5.74) is 5.12. The van der Waals surface area contributed by atoms with E-state index in [2.05, 4.69) is 35.1 Å². The fraction of sp³-hybridized carbons (Fsp3) is 0.280. The number of rotatable bonds is 6. The molecule has 1 aromatic heterocycles. The highest BCUT2D eigenvalue weighted by molar-refractivity contribution is 9.10. The molecule has 4 nitrogen and oxygen atoms in total. The van der Waals surface area contributed by atoms with Gasteiger partial charge in [0, 0.05) is 28.6 Å². The maximum Gasteiger partial charge on any atom is 0.261 e. The maximum absolute atomic E-state index is 13.3. The molecule has 6 heteroatoms. The predicted molar refractivity (Wildman–Crippen MR) is 132 cm³/mol. The lowest BCUT2D eigenvalue weighted by atomic mass is 10.0. The van der Waals surface area contributed by atoms with Gasteiger partial charge >= 0.3 is 0 Å². The zero-order valence-electron chi connectivity index (χ0n) is 18.2. The van der Waals surface area contributed by atoms with Crippen molar-refractivity contribution in [3.05, 3.63) is 95.8 Å². The number of hydrogen-bond donors (Lipinski definition) is 1. The largest absolute Gasteiger partial charge is 0.343 e. The summed E-state index contributed by atoms with van der Waals surface area (Å²) in [4.78, 5) is 26.4. The Labute approximate surface area is 196 Å². The van der Waals surface area contributed by atoms with Gasteiger partial charge in [0.1, 0.15) is 5.56 Å². The number of carbonyl (C=O) groups excluding carboxylic acids is 1. The molecule has 3 rings (SSSR count). The highest BCUT2D eigenvalue weighted by Crippen LogP contribution is 2.25. The van der Waals surface area contributed by atoms with Gasteiger partial charge in [-0.3, -0.25) is 9.59 Å². The van der Waals surface area contributed by atoms with Crippen molar-refractivity contribution in [1.82, 2.24) is 4.57 Å². The minimum absolute atomic E-state index is 0.146. The molecule has 1 amide bonds. The van der Waals surface area contributed by atoms with Crippen molar-refractivity contribution in [1.29, 1.82) is 0 Å². The molecule has 0 atom stereocenters. The van der Waals surface area contributed by atoms with Gasteiger partial charge in [-0.1, -0.05) is 55.8 Å². The van der Waals surface area contributed by atoms with Crippen molar-refractivity contribution < 1.29 is 4.79 Å². The second kappa shape index (κ2) is 9.84. The van der Waals surface area contributed by atoms with E-state index in [1.807, 2.05) is 60.9 Å². The minimum atomic E-state index is -0.390. The number of benzene rings is 2. The summed E-state index contributed by atoms with van der Waals surface area (Å²) >= 11 is 9.56. The number of aromatic nitrogens is 1. The first-order chi connectivity index (χ1) is 14.8. The molecule has 31 heavy (non-hydrogen) atoms. The van der Waals surface area contributed by atoms with Crippen molar-refractivity contribution in [2.75, 3.05) is 5.32 Å². The molecule has 2 aromatic carbocycles. The molecular formula is C25H26BrClN2O2. The van der Waals surface area contributed by atoms with Gasteiger partial charge in [-0.2, -0.15) is 0 Å². The molecule has 0 spiro atoms. The lowest BCUT2D eigenvalue weighted by molar-refractivity contribution is 0.102. The van der Waals surface area contributed by atoms with Crippen LogP contribution < -0.4 is 10.7 Å². The Bertz CT molecular complexity index is 1180. The van der Waals surface area contributed by atoms with Gasteiger partial charge in [0.25, 0.3) is 5.91 Å². The lowest BCUT2D eigenvalue weighted by Crippen LogP contribution is -2.29. The summed E-state index contributed by atoms with van der Waals surface area (Å²) in [5.74, 6) is -0.390. The molecule has 0 saturated heterocycles. The van der Waals surface area contributed by atoms with E-state index >= 15 is 0 Å². The molecule has 0 aliphatic heterocycles. The third-order valence-electron chi connectivity index (χ3n) is 5.61. The fourth-order valence-electron chi connectivity index (χ4n) is 3.84. The van der Waals surface area contributed by atoms with Gasteiger partial charge in [-0.05, 0) is 71.4 Å². The van der Waals surface area contributed by atoms with Crippen LogP contribution in [0.5, 0.6) is 0 Å². The quantitative estimate of drug-likeness (QED) is 0.430. The van der Waals surface area contributed by atoms with Crippen LogP contribution in [0, 0.1) is 13.8 Å². The van der Waals surface area contributed by atoms with E-state index in [0.717, 1.165) is 40.9 Å². The molecule has 3 aromatic rings. The SMILES string of the molecule is CCc1cccc(CC)c1NC(=O)c1c(C)n(Cc2cccc(Cl)c2)c(C)c(Br)c1=O. The maximum atomic E-state index is 13.3. The molecule has 1 heterocycles. The number of halogens is 2. The van der Waals surface area contributed by atoms with Crippen molar-refractivity contribution in [3.63, 3.8) is 0 Å². The van der Waals surface area contributed by atoms with Crippen molar-refractivity contribution in [3.8, 4) is 0 Å². The molecule has 0 fully saturated rings. The van der Waals surface area contributed by atoms with E-state index in [9.17, 15) is 9.59 Å². The first-order valence-corrected chi connectivity index (χ1v) is 11.5. The number of aryl methyl sites for hydroxylation is 2. The first kappa shape index (κ1) is 23.3. The van der Waals surface area contributed by atoms with E-state index in [-0.39, 0.29) is 11.0 Å². The zero-order chi connectivity index (χ0) is 22.7. The Morgan fingerprint density at radius 3 is 2.23 bits per heavy atom. The monoisotopic (exact) mass is 500 g/mol. The Morgan fingerprint density at radius 1 is 1.03 bits per heavy atom. The average Bonchev–Trinajstić information content (AvgIpc) is 2.75. The molecule has 0 bridgehead atoms. The Balaban J connectivity index is 2.09. The third-order valence-corrected chi connectivity index (χ3v) is 6.78. The third kappa shape index (κ3) is 4.78. The van der Waals surface area contributed by atoms with Crippen LogP contribution in [-0.4, -0.2) is 10.5 Å². The van der Waals surface area contributed by atoms with Crippen LogP contribution in [0.3, 0.4) is 0 Å². The zero-order valence-corrected chi connectivity index (χ0v) is 20.5. The standard InChI is InChI=1S/C25H26BrClN2O2/c1-5-18-10-8-11-19(6-2)23(18)28-25(31)21-15(3)29(16(4)22(26)24(21)30)14-17-9-7-12-20(27)13-17/h7-13H,5-6,14H2,1-4H3,(H,28,31). The summed E-state index contributed by atoms with van der Waals surface area (Å²) in [6.45, 7) is 8.29. The highest BCUT2D eigenvalue weighted by atomic mass is 79.9. The molecule has 1 N–H and O–H groups in total. The number of pyridine rings is 1. The molecular weight excluding hydrogens is 476 g/mol. The van der Waals surface area contributed by atoms with Crippen molar-refractivity contribution in [2.45, 2.75) is 47.1 Å². The van der Waals surface area contributed by atoms with Crippen molar-refractivity contribution >= 4 is 39.1 Å².